The van der Waals surface area contributed by atoms with Gasteiger partial charge in [0.05, 0.1) is 19.9 Å². The number of nitrogens with one attached hydrogen (secondary N) is 2. The number of carbonyl (C=O) groups is 1. The van der Waals surface area contributed by atoms with Crippen LogP contribution in [0.4, 0.5) is 17.2 Å². The Bertz CT molecular complexity index is 957. The fraction of sp³-hybridized carbons (Fsp3) is 0.143. The van der Waals surface area contributed by atoms with Crippen molar-refractivity contribution in [2.24, 2.45) is 0 Å². The number of anilines is 3. The van der Waals surface area contributed by atoms with Crippen molar-refractivity contribution in [2.75, 3.05) is 24.9 Å². The standard InChI is InChI=1S/C21H21N3O3/c1-14-6-4-5-7-17(14)23-20-12-15(10-11-22-20)21(25)24-18-13-16(26-2)8-9-19(18)27-3/h4-13H,1-3H3,(H,22,23)(H,24,25). The minimum atomic E-state index is -0.267. The summed E-state index contributed by atoms with van der Waals surface area (Å²) in [5.74, 6) is 1.51. The molecule has 3 aromatic rings. The minimum Gasteiger partial charge on any atom is -0.497 e. The second kappa shape index (κ2) is 8.23. The third-order valence-electron chi connectivity index (χ3n) is 4.08. The van der Waals surface area contributed by atoms with E-state index in [-0.39, 0.29) is 5.91 Å². The number of carbonyl (C=O) groups excluding carboxylic acids is 1. The van der Waals surface area contributed by atoms with Crippen molar-refractivity contribution >= 4 is 23.1 Å². The van der Waals surface area contributed by atoms with Gasteiger partial charge in [-0.05, 0) is 42.8 Å². The normalized spacial score (nSPS) is 10.2. The molecule has 138 valence electrons. The van der Waals surface area contributed by atoms with Crippen LogP contribution in [0.3, 0.4) is 0 Å². The molecule has 0 bridgehead atoms. The Kier molecular flexibility index (Phi) is 5.56. The summed E-state index contributed by atoms with van der Waals surface area (Å²) < 4.78 is 10.5. The van der Waals surface area contributed by atoms with Gasteiger partial charge in [0.15, 0.2) is 0 Å². The van der Waals surface area contributed by atoms with Gasteiger partial charge in [-0.3, -0.25) is 4.79 Å². The van der Waals surface area contributed by atoms with Gasteiger partial charge >= 0.3 is 0 Å². The Balaban J connectivity index is 1.81. The van der Waals surface area contributed by atoms with Crippen molar-refractivity contribution in [3.8, 4) is 11.5 Å². The molecule has 0 spiro atoms. The first-order chi connectivity index (χ1) is 13.1. The third-order valence-corrected chi connectivity index (χ3v) is 4.08. The van der Waals surface area contributed by atoms with Crippen molar-refractivity contribution < 1.29 is 14.3 Å². The summed E-state index contributed by atoms with van der Waals surface area (Å²) in [5, 5.41) is 6.09. The Hall–Kier alpha value is -3.54. The molecule has 0 radical (unpaired) electrons. The van der Waals surface area contributed by atoms with E-state index in [1.165, 1.54) is 0 Å². The number of pyridine rings is 1. The largest absolute Gasteiger partial charge is 0.497 e. The van der Waals surface area contributed by atoms with E-state index in [2.05, 4.69) is 15.6 Å². The molecule has 0 fully saturated rings. The highest BCUT2D eigenvalue weighted by molar-refractivity contribution is 6.05. The zero-order chi connectivity index (χ0) is 19.2. The molecule has 0 aliphatic carbocycles. The summed E-state index contributed by atoms with van der Waals surface area (Å²) >= 11 is 0. The number of methoxy groups -OCH3 is 2. The fourth-order valence-corrected chi connectivity index (χ4v) is 2.60. The second-order valence-corrected chi connectivity index (χ2v) is 5.89. The zero-order valence-electron chi connectivity index (χ0n) is 15.4. The molecule has 3 rings (SSSR count). The van der Waals surface area contributed by atoms with Crippen molar-refractivity contribution in [3.63, 3.8) is 0 Å². The number of hydrogen-bond donors (Lipinski definition) is 2. The molecule has 1 amide bonds. The number of rotatable bonds is 6. The lowest BCUT2D eigenvalue weighted by Gasteiger charge is -2.13. The van der Waals surface area contributed by atoms with E-state index < -0.39 is 0 Å². The highest BCUT2D eigenvalue weighted by Gasteiger charge is 2.12. The molecule has 0 unspecified atom stereocenters. The van der Waals surface area contributed by atoms with Crippen molar-refractivity contribution in [3.05, 3.63) is 71.9 Å². The molecule has 27 heavy (non-hydrogen) atoms. The van der Waals surface area contributed by atoms with Gasteiger partial charge in [0.2, 0.25) is 0 Å². The van der Waals surface area contributed by atoms with Crippen LogP contribution in [0.5, 0.6) is 11.5 Å². The summed E-state index contributed by atoms with van der Waals surface area (Å²) in [6, 6.07) is 16.5. The first-order valence-electron chi connectivity index (χ1n) is 8.43. The molecule has 0 saturated carbocycles. The summed E-state index contributed by atoms with van der Waals surface area (Å²) in [7, 11) is 3.12. The highest BCUT2D eigenvalue weighted by Crippen LogP contribution is 2.29. The van der Waals surface area contributed by atoms with E-state index in [4.69, 9.17) is 9.47 Å². The van der Waals surface area contributed by atoms with Gasteiger partial charge < -0.3 is 20.1 Å². The number of para-hydroxylation sites is 1. The van der Waals surface area contributed by atoms with Gasteiger partial charge in [0.1, 0.15) is 17.3 Å². The highest BCUT2D eigenvalue weighted by atomic mass is 16.5. The summed E-state index contributed by atoms with van der Waals surface area (Å²) in [6.45, 7) is 2.01. The van der Waals surface area contributed by atoms with Crippen molar-refractivity contribution in [1.82, 2.24) is 4.98 Å². The Labute approximate surface area is 158 Å². The average Bonchev–Trinajstić information content (AvgIpc) is 2.70. The Morgan fingerprint density at radius 3 is 2.52 bits per heavy atom. The van der Waals surface area contributed by atoms with Gasteiger partial charge in [0, 0.05) is 23.5 Å². The average molecular weight is 363 g/mol. The van der Waals surface area contributed by atoms with E-state index in [9.17, 15) is 4.79 Å². The molecular formula is C21H21N3O3. The van der Waals surface area contributed by atoms with E-state index in [1.807, 2.05) is 31.2 Å². The fourth-order valence-electron chi connectivity index (χ4n) is 2.60. The SMILES string of the molecule is COc1ccc(OC)c(NC(=O)c2ccnc(Nc3ccccc3C)c2)c1. The first kappa shape index (κ1) is 18.3. The van der Waals surface area contributed by atoms with Gasteiger partial charge in [-0.1, -0.05) is 18.2 Å². The summed E-state index contributed by atoms with van der Waals surface area (Å²) in [6.07, 6.45) is 1.60. The van der Waals surface area contributed by atoms with Crippen LogP contribution >= 0.6 is 0 Å². The predicted octanol–water partition coefficient (Wildman–Crippen LogP) is 4.40. The van der Waals surface area contributed by atoms with Gasteiger partial charge in [-0.2, -0.15) is 0 Å². The summed E-state index contributed by atoms with van der Waals surface area (Å²) in [5.41, 5.74) is 3.05. The van der Waals surface area contributed by atoms with Gasteiger partial charge in [0.25, 0.3) is 5.91 Å². The molecular weight excluding hydrogens is 342 g/mol. The topological polar surface area (TPSA) is 72.5 Å². The number of aromatic nitrogens is 1. The summed E-state index contributed by atoms with van der Waals surface area (Å²) in [4.78, 5) is 17.0. The van der Waals surface area contributed by atoms with E-state index in [0.29, 0.717) is 28.6 Å². The van der Waals surface area contributed by atoms with Crippen LogP contribution in [-0.2, 0) is 0 Å². The lowest BCUT2D eigenvalue weighted by molar-refractivity contribution is 0.102. The second-order valence-electron chi connectivity index (χ2n) is 5.89. The quantitative estimate of drug-likeness (QED) is 0.679. The van der Waals surface area contributed by atoms with E-state index in [0.717, 1.165) is 11.3 Å². The maximum Gasteiger partial charge on any atom is 0.255 e. The van der Waals surface area contributed by atoms with Crippen molar-refractivity contribution in [1.29, 1.82) is 0 Å². The molecule has 0 aliphatic rings. The first-order valence-corrected chi connectivity index (χ1v) is 8.43. The van der Waals surface area contributed by atoms with Crippen molar-refractivity contribution in [2.45, 2.75) is 6.92 Å². The van der Waals surface area contributed by atoms with Crippen LogP contribution in [0, 0.1) is 6.92 Å². The maximum atomic E-state index is 12.7. The maximum absolute atomic E-state index is 12.7. The molecule has 0 atom stereocenters. The molecule has 0 aliphatic heterocycles. The van der Waals surface area contributed by atoms with Crippen LogP contribution in [0.15, 0.2) is 60.8 Å². The number of ether oxygens (including phenoxy) is 2. The molecule has 6 nitrogen and oxygen atoms in total. The zero-order valence-corrected chi connectivity index (χ0v) is 15.4. The monoisotopic (exact) mass is 363 g/mol. The number of benzene rings is 2. The molecule has 1 heterocycles. The number of nitrogens with zero attached hydrogens (tertiary/aromatic N) is 1. The smallest absolute Gasteiger partial charge is 0.255 e. The van der Waals surface area contributed by atoms with Crippen LogP contribution in [-0.4, -0.2) is 25.1 Å². The third kappa shape index (κ3) is 4.36. The number of amides is 1. The molecule has 0 saturated heterocycles. The minimum absolute atomic E-state index is 0.267. The number of hydrogen-bond acceptors (Lipinski definition) is 5. The van der Waals surface area contributed by atoms with Gasteiger partial charge in [-0.25, -0.2) is 4.98 Å². The molecule has 6 heteroatoms. The molecule has 1 aromatic heterocycles. The van der Waals surface area contributed by atoms with Crippen LogP contribution in [0.25, 0.3) is 0 Å². The molecule has 2 aromatic carbocycles. The van der Waals surface area contributed by atoms with Gasteiger partial charge in [-0.15, -0.1) is 0 Å². The van der Waals surface area contributed by atoms with Crippen LogP contribution in [0.2, 0.25) is 0 Å². The predicted molar refractivity (Wildman–Crippen MR) is 106 cm³/mol. The van der Waals surface area contributed by atoms with E-state index >= 15 is 0 Å². The molecule has 2 N–H and O–H groups in total. The lowest BCUT2D eigenvalue weighted by Crippen LogP contribution is -2.13. The Morgan fingerprint density at radius 1 is 0.963 bits per heavy atom. The van der Waals surface area contributed by atoms with Crippen LogP contribution < -0.4 is 20.1 Å². The Morgan fingerprint density at radius 2 is 1.78 bits per heavy atom. The van der Waals surface area contributed by atoms with Crippen LogP contribution in [0.1, 0.15) is 15.9 Å². The number of aryl methyl sites for hydroxylation is 1. The lowest BCUT2D eigenvalue weighted by atomic mass is 10.2. The van der Waals surface area contributed by atoms with E-state index in [1.54, 1.807) is 50.7 Å².